The van der Waals surface area contributed by atoms with Crippen LogP contribution in [-0.2, 0) is 0 Å². The molecule has 0 aliphatic rings. The van der Waals surface area contributed by atoms with Crippen molar-refractivity contribution in [1.82, 2.24) is 15.0 Å². The minimum absolute atomic E-state index is 0.000178. The molecule has 0 aliphatic carbocycles. The lowest BCUT2D eigenvalue weighted by Gasteiger charge is -2.05. The summed E-state index contributed by atoms with van der Waals surface area (Å²) in [7, 11) is 0. The van der Waals surface area contributed by atoms with Crippen LogP contribution < -0.4 is 11.0 Å². The molecule has 0 unspecified atom stereocenters. The van der Waals surface area contributed by atoms with Crippen LogP contribution in [0.4, 0.5) is 5.69 Å². The highest BCUT2D eigenvalue weighted by Crippen LogP contribution is 2.12. The number of carbonyl (C=O) groups excluding carboxylic acids is 1. The lowest BCUT2D eigenvalue weighted by atomic mass is 10.3. The number of H-pyrrole nitrogens is 2. The van der Waals surface area contributed by atoms with E-state index in [2.05, 4.69) is 20.3 Å². The van der Waals surface area contributed by atoms with Crippen LogP contribution in [0.1, 0.15) is 21.0 Å². The number of aromatic nitrogens is 3. The molecule has 2 heterocycles. The number of nitrogens with one attached hydrogen (secondary N) is 3. The smallest absolute Gasteiger partial charge is 0.356 e. The second-order valence-corrected chi connectivity index (χ2v) is 3.32. The number of nitrogens with zero attached hydrogens (tertiary/aromatic N) is 1. The van der Waals surface area contributed by atoms with Gasteiger partial charge in [-0.2, -0.15) is 0 Å². The van der Waals surface area contributed by atoms with Gasteiger partial charge in [-0.3, -0.25) is 4.79 Å². The second-order valence-electron chi connectivity index (χ2n) is 3.32. The van der Waals surface area contributed by atoms with Crippen molar-refractivity contribution in [2.24, 2.45) is 0 Å². The van der Waals surface area contributed by atoms with Gasteiger partial charge < -0.3 is 20.4 Å². The molecule has 0 saturated carbocycles. The molecule has 0 radical (unpaired) electrons. The standard InChI is InChI=1S/C10H8N4O4/c15-8(6-4-12-10(18)14-6)13-5-2-1-3-11-7(5)9(16)17/h1-4H,(H,13,15)(H,16,17)(H2,12,14,18). The van der Waals surface area contributed by atoms with E-state index in [0.717, 1.165) is 0 Å². The molecule has 0 atom stereocenters. The van der Waals surface area contributed by atoms with Gasteiger partial charge in [-0.15, -0.1) is 0 Å². The van der Waals surface area contributed by atoms with Gasteiger partial charge in [0.05, 0.1) is 5.69 Å². The summed E-state index contributed by atoms with van der Waals surface area (Å²) in [6.07, 6.45) is 2.49. The summed E-state index contributed by atoms with van der Waals surface area (Å²) in [6.45, 7) is 0. The molecule has 1 amide bonds. The predicted octanol–water partition coefficient (Wildman–Crippen LogP) is 0.0485. The van der Waals surface area contributed by atoms with Crippen molar-refractivity contribution in [3.63, 3.8) is 0 Å². The maximum atomic E-state index is 11.7. The van der Waals surface area contributed by atoms with Gasteiger partial charge in [-0.05, 0) is 12.1 Å². The zero-order valence-electron chi connectivity index (χ0n) is 8.93. The number of hydrogen-bond acceptors (Lipinski definition) is 4. The normalized spacial score (nSPS) is 10.0. The Morgan fingerprint density at radius 1 is 1.39 bits per heavy atom. The van der Waals surface area contributed by atoms with Crippen LogP contribution in [0.25, 0.3) is 0 Å². The summed E-state index contributed by atoms with van der Waals surface area (Å²) in [5.74, 6) is -1.89. The Labute approximate surface area is 99.7 Å². The number of anilines is 1. The highest BCUT2D eigenvalue weighted by atomic mass is 16.4. The number of aromatic amines is 2. The predicted molar refractivity (Wildman–Crippen MR) is 60.6 cm³/mol. The third-order valence-corrected chi connectivity index (χ3v) is 2.10. The number of carboxylic acid groups (broad SMARTS) is 1. The molecule has 0 aromatic carbocycles. The van der Waals surface area contributed by atoms with Crippen LogP contribution in [0.5, 0.6) is 0 Å². The lowest BCUT2D eigenvalue weighted by Crippen LogP contribution is -2.17. The summed E-state index contributed by atoms with van der Waals surface area (Å²) < 4.78 is 0. The Morgan fingerprint density at radius 3 is 2.78 bits per heavy atom. The summed E-state index contributed by atoms with van der Waals surface area (Å²) in [4.78, 5) is 41.5. The second kappa shape index (κ2) is 4.53. The maximum Gasteiger partial charge on any atom is 0.356 e. The zero-order valence-corrected chi connectivity index (χ0v) is 8.93. The van der Waals surface area contributed by atoms with Crippen LogP contribution in [0.3, 0.4) is 0 Å². The van der Waals surface area contributed by atoms with Gasteiger partial charge in [0.15, 0.2) is 5.69 Å². The maximum absolute atomic E-state index is 11.7. The van der Waals surface area contributed by atoms with Crippen LogP contribution in [-0.4, -0.2) is 31.9 Å². The zero-order chi connectivity index (χ0) is 13.1. The van der Waals surface area contributed by atoms with Gasteiger partial charge in [0.1, 0.15) is 5.69 Å². The Kier molecular flexibility index (Phi) is 2.92. The van der Waals surface area contributed by atoms with Gasteiger partial charge >= 0.3 is 11.7 Å². The van der Waals surface area contributed by atoms with Crippen LogP contribution in [0.2, 0.25) is 0 Å². The van der Waals surface area contributed by atoms with Gasteiger partial charge in [0, 0.05) is 12.4 Å². The van der Waals surface area contributed by atoms with E-state index < -0.39 is 17.6 Å². The molecule has 8 nitrogen and oxygen atoms in total. The average molecular weight is 248 g/mol. The minimum atomic E-state index is -1.26. The van der Waals surface area contributed by atoms with Crippen LogP contribution in [0.15, 0.2) is 29.3 Å². The third kappa shape index (κ3) is 2.26. The molecule has 92 valence electrons. The minimum Gasteiger partial charge on any atom is -0.476 e. The highest BCUT2D eigenvalue weighted by molar-refractivity contribution is 6.05. The van der Waals surface area contributed by atoms with E-state index in [1.54, 1.807) is 0 Å². The molecule has 8 heteroatoms. The molecular formula is C10H8N4O4. The van der Waals surface area contributed by atoms with Crippen molar-refractivity contribution in [2.45, 2.75) is 0 Å². The average Bonchev–Trinajstić information content (AvgIpc) is 2.76. The first-order valence-corrected chi connectivity index (χ1v) is 4.85. The summed E-state index contributed by atoms with van der Waals surface area (Å²) in [5.41, 5.74) is -0.745. The SMILES string of the molecule is O=C(Nc1cccnc1C(=O)O)c1c[nH]c(=O)[nH]1. The molecule has 2 aromatic rings. The molecule has 4 N–H and O–H groups in total. The lowest BCUT2D eigenvalue weighted by molar-refractivity contribution is 0.0692. The Hall–Kier alpha value is -2.90. The Morgan fingerprint density at radius 2 is 2.17 bits per heavy atom. The summed E-state index contributed by atoms with van der Waals surface area (Å²) >= 11 is 0. The van der Waals surface area contributed by atoms with Gasteiger partial charge in [0.25, 0.3) is 5.91 Å². The molecule has 18 heavy (non-hydrogen) atoms. The Bertz CT molecular complexity index is 658. The molecule has 2 rings (SSSR count). The number of pyridine rings is 1. The highest BCUT2D eigenvalue weighted by Gasteiger charge is 2.15. The number of rotatable bonds is 3. The Balaban J connectivity index is 2.27. The topological polar surface area (TPSA) is 128 Å². The third-order valence-electron chi connectivity index (χ3n) is 2.10. The van der Waals surface area contributed by atoms with E-state index in [9.17, 15) is 14.4 Å². The molecule has 2 aromatic heterocycles. The van der Waals surface area contributed by atoms with Crippen molar-refractivity contribution < 1.29 is 14.7 Å². The fraction of sp³-hybridized carbons (Fsp3) is 0. The summed E-state index contributed by atoms with van der Waals surface area (Å²) in [6, 6.07) is 2.89. The van der Waals surface area contributed by atoms with Gasteiger partial charge in [-0.1, -0.05) is 0 Å². The molecule has 0 fully saturated rings. The number of carboxylic acids is 1. The van der Waals surface area contributed by atoms with Crippen LogP contribution >= 0.6 is 0 Å². The fourth-order valence-electron chi connectivity index (χ4n) is 1.32. The first kappa shape index (κ1) is 11.6. The first-order chi connectivity index (χ1) is 8.58. The monoisotopic (exact) mass is 248 g/mol. The fourth-order valence-corrected chi connectivity index (χ4v) is 1.32. The van der Waals surface area contributed by atoms with E-state index in [4.69, 9.17) is 5.11 Å². The van der Waals surface area contributed by atoms with Crippen molar-refractivity contribution in [2.75, 3.05) is 5.32 Å². The number of hydrogen-bond donors (Lipinski definition) is 4. The molecular weight excluding hydrogens is 240 g/mol. The number of imidazole rings is 1. The van der Waals surface area contributed by atoms with Crippen molar-refractivity contribution in [3.05, 3.63) is 46.4 Å². The molecule has 0 spiro atoms. The van der Waals surface area contributed by atoms with Gasteiger partial charge in [-0.25, -0.2) is 14.6 Å². The van der Waals surface area contributed by atoms with Gasteiger partial charge in [0.2, 0.25) is 0 Å². The van der Waals surface area contributed by atoms with Crippen molar-refractivity contribution in [1.29, 1.82) is 0 Å². The van der Waals surface area contributed by atoms with E-state index in [1.807, 2.05) is 0 Å². The van der Waals surface area contributed by atoms with E-state index in [1.165, 1.54) is 24.5 Å². The number of amides is 1. The van der Waals surface area contributed by atoms with Crippen LogP contribution in [0, 0.1) is 0 Å². The number of aromatic carboxylic acids is 1. The van der Waals surface area contributed by atoms with E-state index in [-0.39, 0.29) is 17.1 Å². The quantitative estimate of drug-likeness (QED) is 0.610. The summed E-state index contributed by atoms with van der Waals surface area (Å²) in [5, 5.41) is 11.2. The van der Waals surface area contributed by atoms with E-state index >= 15 is 0 Å². The van der Waals surface area contributed by atoms with E-state index in [0.29, 0.717) is 0 Å². The van der Waals surface area contributed by atoms with Crippen molar-refractivity contribution >= 4 is 17.6 Å². The molecule has 0 bridgehead atoms. The first-order valence-electron chi connectivity index (χ1n) is 4.85. The molecule has 0 aliphatic heterocycles. The largest absolute Gasteiger partial charge is 0.476 e. The van der Waals surface area contributed by atoms with Crippen molar-refractivity contribution in [3.8, 4) is 0 Å². The number of carbonyl (C=O) groups is 2. The molecule has 0 saturated heterocycles.